The lowest BCUT2D eigenvalue weighted by molar-refractivity contribution is -0.549. The number of hydrogen-bond acceptors (Lipinski definition) is 5. The Morgan fingerprint density at radius 2 is 1.57 bits per heavy atom. The van der Waals surface area contributed by atoms with Crippen molar-refractivity contribution in [2.24, 2.45) is 5.73 Å². The Hall–Kier alpha value is -3.22. The minimum absolute atomic E-state index is 0. The maximum Gasteiger partial charge on any atom is 0.299 e. The lowest BCUT2D eigenvalue weighted by Gasteiger charge is -2.38. The molecule has 154 valence electrons. The first-order valence-electron chi connectivity index (χ1n) is 9.48. The first kappa shape index (κ1) is 21.5. The van der Waals surface area contributed by atoms with Gasteiger partial charge in [-0.3, -0.25) is 15.5 Å². The summed E-state index contributed by atoms with van der Waals surface area (Å²) in [4.78, 5) is 11.9. The van der Waals surface area contributed by atoms with Gasteiger partial charge in [-0.2, -0.15) is 0 Å². The number of fused-ring (bicyclic) bond motifs is 1. The van der Waals surface area contributed by atoms with Crippen LogP contribution in [0.2, 0.25) is 0 Å². The number of nitrogens with one attached hydrogen (secondary N) is 2. The van der Waals surface area contributed by atoms with E-state index in [9.17, 15) is 10.1 Å². The third-order valence-corrected chi connectivity index (χ3v) is 5.54. The van der Waals surface area contributed by atoms with Crippen molar-refractivity contribution in [2.75, 3.05) is 5.32 Å². The van der Waals surface area contributed by atoms with Gasteiger partial charge in [0.15, 0.2) is 6.17 Å². The van der Waals surface area contributed by atoms with Gasteiger partial charge in [0.05, 0.1) is 6.42 Å². The molecule has 1 aliphatic rings. The number of nitro groups is 1. The molecule has 2 atom stereocenters. The molecular weight excluding hydrogens is 400 g/mol. The molecule has 0 spiro atoms. The Balaban J connectivity index is 0.00000256. The van der Waals surface area contributed by atoms with Gasteiger partial charge in [-0.05, 0) is 29.2 Å². The predicted molar refractivity (Wildman–Crippen MR) is 121 cm³/mol. The summed E-state index contributed by atoms with van der Waals surface area (Å²) >= 11 is 0. The molecule has 0 aliphatic carbocycles. The zero-order chi connectivity index (χ0) is 20.4. The first-order valence-corrected chi connectivity index (χ1v) is 9.48. The van der Waals surface area contributed by atoms with E-state index in [1.54, 1.807) is 0 Å². The van der Waals surface area contributed by atoms with Crippen molar-refractivity contribution in [3.05, 3.63) is 111 Å². The highest BCUT2D eigenvalue weighted by molar-refractivity contribution is 6.12. The number of rotatable bonds is 5. The van der Waals surface area contributed by atoms with Crippen LogP contribution in [-0.2, 0) is 12.8 Å². The van der Waals surface area contributed by atoms with E-state index in [1.807, 2.05) is 78.9 Å². The van der Waals surface area contributed by atoms with Crippen LogP contribution in [0.5, 0.6) is 0 Å². The highest BCUT2D eigenvalue weighted by Crippen LogP contribution is 2.36. The highest BCUT2D eigenvalue weighted by atomic mass is 35.5. The molecule has 3 aromatic carbocycles. The average Bonchev–Trinajstić information content (AvgIpc) is 2.72. The van der Waals surface area contributed by atoms with Crippen LogP contribution >= 0.6 is 12.4 Å². The van der Waals surface area contributed by atoms with Gasteiger partial charge in [-0.15, -0.1) is 12.4 Å². The van der Waals surface area contributed by atoms with Crippen LogP contribution in [0, 0.1) is 15.5 Å². The van der Waals surface area contributed by atoms with Crippen LogP contribution in [0.4, 0.5) is 5.69 Å². The maximum atomic E-state index is 12.3. The fraction of sp³-hybridized carbons (Fsp3) is 0.174. The Bertz CT molecular complexity index is 1060. The van der Waals surface area contributed by atoms with Gasteiger partial charge in [0, 0.05) is 16.2 Å². The van der Waals surface area contributed by atoms with Crippen molar-refractivity contribution in [1.29, 1.82) is 5.41 Å². The van der Waals surface area contributed by atoms with E-state index >= 15 is 0 Å². The molecule has 0 fully saturated rings. The second-order valence-electron chi connectivity index (χ2n) is 7.34. The second-order valence-corrected chi connectivity index (χ2v) is 7.34. The molecule has 0 radical (unpaired) electrons. The average molecular weight is 423 g/mol. The quantitative estimate of drug-likeness (QED) is 0.426. The molecule has 30 heavy (non-hydrogen) atoms. The van der Waals surface area contributed by atoms with E-state index in [1.165, 1.54) is 0 Å². The smallest absolute Gasteiger partial charge is 0.299 e. The maximum absolute atomic E-state index is 12.3. The van der Waals surface area contributed by atoms with Crippen molar-refractivity contribution >= 4 is 23.8 Å². The van der Waals surface area contributed by atoms with Crippen molar-refractivity contribution in [3.63, 3.8) is 0 Å². The Morgan fingerprint density at radius 3 is 2.17 bits per heavy atom. The van der Waals surface area contributed by atoms with Crippen molar-refractivity contribution in [2.45, 2.75) is 24.5 Å². The summed E-state index contributed by atoms with van der Waals surface area (Å²) in [5.74, 6) is 0. The zero-order valence-electron chi connectivity index (χ0n) is 16.2. The lowest BCUT2D eigenvalue weighted by atomic mass is 9.76. The Labute approximate surface area is 181 Å². The van der Waals surface area contributed by atoms with Gasteiger partial charge in [0.25, 0.3) is 5.54 Å². The van der Waals surface area contributed by atoms with Crippen LogP contribution in [0.1, 0.15) is 22.3 Å². The van der Waals surface area contributed by atoms with Gasteiger partial charge in [-0.1, -0.05) is 72.8 Å². The minimum atomic E-state index is -1.75. The topological polar surface area (TPSA) is 105 Å². The molecule has 7 heteroatoms. The molecular formula is C23H23ClN4O2. The molecule has 3 aromatic rings. The SMILES string of the molecule is Cl.N=C1c2c(Cc3ccccc3)cccc2NC(N)C1(Cc1ccccc1)[N+](=O)[O-]. The highest BCUT2D eigenvalue weighted by Gasteiger charge is 2.57. The van der Waals surface area contributed by atoms with E-state index in [0.29, 0.717) is 17.7 Å². The molecule has 0 bridgehead atoms. The van der Waals surface area contributed by atoms with Crippen LogP contribution in [-0.4, -0.2) is 22.3 Å². The molecule has 0 saturated carbocycles. The van der Waals surface area contributed by atoms with Crippen molar-refractivity contribution in [1.82, 2.24) is 0 Å². The standard InChI is InChI=1S/C23H22N4O2.ClH/c24-21-20-18(14-16-8-3-1-4-9-16)12-7-13-19(20)26-22(25)23(21,27(28)29)15-17-10-5-2-6-11-17;/h1-13,22,24,26H,14-15,25H2;1H. The number of benzene rings is 3. The summed E-state index contributed by atoms with van der Waals surface area (Å²) in [6, 6.07) is 24.7. The van der Waals surface area contributed by atoms with Gasteiger partial charge < -0.3 is 11.1 Å². The zero-order valence-corrected chi connectivity index (χ0v) is 17.1. The summed E-state index contributed by atoms with van der Waals surface area (Å²) in [6.45, 7) is 0. The van der Waals surface area contributed by atoms with E-state index < -0.39 is 16.6 Å². The fourth-order valence-electron chi connectivity index (χ4n) is 4.01. The molecule has 1 heterocycles. The second kappa shape index (κ2) is 8.65. The van der Waals surface area contributed by atoms with Gasteiger partial charge in [-0.25, -0.2) is 0 Å². The molecule has 0 saturated heterocycles. The summed E-state index contributed by atoms with van der Waals surface area (Å²) in [5.41, 5.74) is 8.46. The summed E-state index contributed by atoms with van der Waals surface area (Å²) < 4.78 is 0. The third-order valence-electron chi connectivity index (χ3n) is 5.54. The van der Waals surface area contributed by atoms with E-state index in [0.717, 1.165) is 16.7 Å². The van der Waals surface area contributed by atoms with Gasteiger partial charge in [0.1, 0.15) is 5.71 Å². The van der Waals surface area contributed by atoms with Crippen LogP contribution in [0.3, 0.4) is 0 Å². The number of nitrogens with zero attached hydrogens (tertiary/aromatic N) is 1. The fourth-order valence-corrected chi connectivity index (χ4v) is 4.01. The van der Waals surface area contributed by atoms with Crippen LogP contribution in [0.25, 0.3) is 0 Å². The van der Waals surface area contributed by atoms with Gasteiger partial charge in [0.2, 0.25) is 0 Å². The molecule has 0 aromatic heterocycles. The lowest BCUT2D eigenvalue weighted by Crippen LogP contribution is -2.66. The van der Waals surface area contributed by atoms with E-state index in [4.69, 9.17) is 11.1 Å². The summed E-state index contributed by atoms with van der Waals surface area (Å²) in [6.07, 6.45) is -0.375. The van der Waals surface area contributed by atoms with Crippen LogP contribution in [0.15, 0.2) is 78.9 Å². The van der Waals surface area contributed by atoms with E-state index in [-0.39, 0.29) is 24.5 Å². The van der Waals surface area contributed by atoms with E-state index in [2.05, 4.69) is 5.32 Å². The first-order chi connectivity index (χ1) is 14.0. The normalized spacial score (nSPS) is 19.9. The third kappa shape index (κ3) is 3.67. The molecule has 4 N–H and O–H groups in total. The monoisotopic (exact) mass is 422 g/mol. The van der Waals surface area contributed by atoms with Crippen LogP contribution < -0.4 is 11.1 Å². The number of halogens is 1. The van der Waals surface area contributed by atoms with Crippen molar-refractivity contribution < 1.29 is 4.92 Å². The molecule has 0 amide bonds. The Kier molecular flexibility index (Phi) is 6.20. The van der Waals surface area contributed by atoms with Crippen molar-refractivity contribution in [3.8, 4) is 0 Å². The Morgan fingerprint density at radius 1 is 0.967 bits per heavy atom. The largest absolute Gasteiger partial charge is 0.363 e. The summed E-state index contributed by atoms with van der Waals surface area (Å²) in [5, 5.41) is 24.4. The summed E-state index contributed by atoms with van der Waals surface area (Å²) in [7, 11) is 0. The molecule has 2 unspecified atom stereocenters. The number of hydrogen-bond donors (Lipinski definition) is 3. The minimum Gasteiger partial charge on any atom is -0.363 e. The predicted octanol–water partition coefficient (Wildman–Crippen LogP) is 4.04. The molecule has 4 rings (SSSR count). The number of nitrogens with two attached hydrogens (primary N) is 1. The number of anilines is 1. The van der Waals surface area contributed by atoms with Gasteiger partial charge >= 0.3 is 0 Å². The molecule has 6 nitrogen and oxygen atoms in total. The molecule has 1 aliphatic heterocycles.